The average molecular weight is 530 g/mol. The summed E-state index contributed by atoms with van der Waals surface area (Å²) in [4.78, 5) is 18.4. The summed E-state index contributed by atoms with van der Waals surface area (Å²) in [5.74, 6) is 1.14. The van der Waals surface area contributed by atoms with Crippen molar-refractivity contribution in [1.29, 1.82) is 0 Å². The van der Waals surface area contributed by atoms with Crippen LogP contribution in [0.15, 0.2) is 41.6 Å². The third-order valence-corrected chi connectivity index (χ3v) is 13.3. The van der Waals surface area contributed by atoms with E-state index in [4.69, 9.17) is 6.57 Å². The van der Waals surface area contributed by atoms with Gasteiger partial charge in [-0.25, -0.2) is 4.85 Å². The lowest BCUT2D eigenvalue weighted by Crippen LogP contribution is -2.65. The van der Waals surface area contributed by atoms with Crippen LogP contribution in [0.5, 0.6) is 0 Å². The molecule has 0 spiro atoms. The van der Waals surface area contributed by atoms with Gasteiger partial charge in [0.25, 0.3) is 0 Å². The van der Waals surface area contributed by atoms with E-state index in [1.165, 1.54) is 12.0 Å². The van der Waals surface area contributed by atoms with E-state index >= 15 is 0 Å². The van der Waals surface area contributed by atoms with E-state index in [2.05, 4.69) is 75.4 Å². The van der Waals surface area contributed by atoms with Crippen LogP contribution in [0, 0.1) is 56.8 Å². The van der Waals surface area contributed by atoms with Crippen molar-refractivity contribution >= 4 is 5.78 Å². The molecule has 5 heteroatoms. The molecule has 3 fully saturated rings. The van der Waals surface area contributed by atoms with Crippen LogP contribution in [0.25, 0.3) is 4.85 Å². The van der Waals surface area contributed by atoms with Gasteiger partial charge in [0, 0.05) is 30.3 Å². The van der Waals surface area contributed by atoms with E-state index in [1.54, 1.807) is 0 Å². The minimum atomic E-state index is -0.477. The van der Waals surface area contributed by atoms with Gasteiger partial charge >= 0.3 is 0 Å². The Morgan fingerprint density at radius 2 is 1.79 bits per heavy atom. The molecule has 1 aromatic heterocycles. The van der Waals surface area contributed by atoms with Crippen LogP contribution in [0.2, 0.25) is 0 Å². The van der Waals surface area contributed by atoms with Crippen LogP contribution < -0.4 is 0 Å². The highest BCUT2D eigenvalue weighted by Gasteiger charge is 2.69. The Balaban J connectivity index is 1.49. The number of hydrogen-bond donors (Lipinski definition) is 1. The van der Waals surface area contributed by atoms with Gasteiger partial charge in [0.15, 0.2) is 5.78 Å². The number of hydrogen-bond acceptors (Lipinski definition) is 3. The second-order valence-electron chi connectivity index (χ2n) is 16.0. The molecule has 6 rings (SSSR count). The van der Waals surface area contributed by atoms with Crippen molar-refractivity contribution in [2.75, 3.05) is 0 Å². The summed E-state index contributed by atoms with van der Waals surface area (Å²) in [5, 5.41) is 15.7. The highest BCUT2D eigenvalue weighted by atomic mass is 16.3. The minimum absolute atomic E-state index is 0.0103. The molecule has 5 aliphatic carbocycles. The number of carbonyl (C=O) groups excluding carboxylic acids is 1. The predicted octanol–water partition coefficient (Wildman–Crippen LogP) is 8.16. The molecule has 7 atom stereocenters. The number of ketones is 1. The lowest BCUT2D eigenvalue weighted by atomic mass is 9.34. The zero-order chi connectivity index (χ0) is 28.2. The van der Waals surface area contributed by atoms with Crippen molar-refractivity contribution in [3.05, 3.63) is 53.0 Å². The Morgan fingerprint density at radius 1 is 1.08 bits per heavy atom. The number of allylic oxidation sites excluding steroid dienone is 4. The highest BCUT2D eigenvalue weighted by Crippen LogP contribution is 2.75. The molecule has 0 unspecified atom stereocenters. The molecule has 1 N–H and O–H groups in total. The summed E-state index contributed by atoms with van der Waals surface area (Å²) in [7, 11) is 0. The Bertz CT molecular complexity index is 1310. The smallest absolute Gasteiger partial charge is 0.203 e. The first kappa shape index (κ1) is 26.9. The largest absolute Gasteiger partial charge is 0.523 e. The van der Waals surface area contributed by atoms with Gasteiger partial charge in [-0.2, -0.15) is 5.10 Å². The second kappa shape index (κ2) is 8.11. The lowest BCUT2D eigenvalue weighted by Gasteiger charge is -2.70. The monoisotopic (exact) mass is 529 g/mol. The summed E-state index contributed by atoms with van der Waals surface area (Å²) < 4.78 is 2.12. The summed E-state index contributed by atoms with van der Waals surface area (Å²) in [5.41, 5.74) is 1.07. The molecular weight excluding hydrogens is 482 g/mol. The number of nitrogens with zero attached hydrogens (tertiary/aromatic N) is 3. The van der Waals surface area contributed by atoms with Crippen LogP contribution in [0.1, 0.15) is 99.8 Å². The van der Waals surface area contributed by atoms with Gasteiger partial charge in [-0.3, -0.25) is 9.48 Å². The fraction of sp³-hybridized carbons (Fsp3) is 0.735. The number of carbonyl (C=O) groups is 1. The maximum atomic E-state index is 14.6. The van der Waals surface area contributed by atoms with E-state index in [-0.39, 0.29) is 44.7 Å². The predicted molar refractivity (Wildman–Crippen MR) is 153 cm³/mol. The van der Waals surface area contributed by atoms with Gasteiger partial charge < -0.3 is 5.11 Å². The Kier molecular flexibility index (Phi) is 5.58. The first-order chi connectivity index (χ1) is 18.1. The highest BCUT2D eigenvalue weighted by molar-refractivity contribution is 5.95. The molecule has 0 radical (unpaired) electrons. The van der Waals surface area contributed by atoms with Gasteiger partial charge in [0.2, 0.25) is 5.70 Å². The van der Waals surface area contributed by atoms with E-state index in [0.29, 0.717) is 23.8 Å². The molecule has 5 aliphatic rings. The Labute approximate surface area is 235 Å². The normalized spacial score (nSPS) is 44.3. The summed E-state index contributed by atoms with van der Waals surface area (Å²) in [6, 6.07) is 2.02. The van der Waals surface area contributed by atoms with Gasteiger partial charge in [-0.15, -0.1) is 0 Å². The molecule has 0 aromatic carbocycles. The Hall–Kier alpha value is -2.35. The van der Waals surface area contributed by atoms with E-state index in [1.807, 2.05) is 12.3 Å². The lowest BCUT2D eigenvalue weighted by molar-refractivity contribution is -0.175. The zero-order valence-corrected chi connectivity index (χ0v) is 25.1. The van der Waals surface area contributed by atoms with Crippen LogP contribution >= 0.6 is 0 Å². The average Bonchev–Trinajstić information content (AvgIpc) is 3.36. The third kappa shape index (κ3) is 3.42. The maximum Gasteiger partial charge on any atom is 0.203 e. The molecule has 0 saturated heterocycles. The van der Waals surface area contributed by atoms with Gasteiger partial charge in [0.05, 0.1) is 6.57 Å². The molecule has 1 aromatic rings. The number of rotatable bonds is 2. The second-order valence-corrected chi connectivity index (χ2v) is 16.0. The molecule has 0 amide bonds. The van der Waals surface area contributed by atoms with E-state index in [9.17, 15) is 9.90 Å². The molecular formula is C34H47N3O2. The molecule has 3 saturated carbocycles. The zero-order valence-electron chi connectivity index (χ0n) is 25.1. The fourth-order valence-electron chi connectivity index (χ4n) is 11.0. The van der Waals surface area contributed by atoms with Crippen LogP contribution in [0.4, 0.5) is 0 Å². The standard InChI is InChI=1S/C34H47N3O2/c1-29(2)12-14-34(21-37-17-9-16-36-37)15-13-33(7)27(22(34)19-29)24(38)18-26-31(5)20-23(35-8)28(39)30(3,4)25(31)10-11-32(26,33)6/h9,16-18,22,25,27,39H,10-15,19-21H2,1-7H3/t22-,25-,27-,31-,32+,33+,34+/m0/s1. The van der Waals surface area contributed by atoms with Crippen molar-refractivity contribution in [3.63, 3.8) is 0 Å². The molecule has 0 bridgehead atoms. The van der Waals surface area contributed by atoms with Gasteiger partial charge in [-0.1, -0.05) is 54.0 Å². The first-order valence-corrected chi connectivity index (χ1v) is 15.2. The van der Waals surface area contributed by atoms with E-state index < -0.39 is 5.41 Å². The van der Waals surface area contributed by atoms with Gasteiger partial charge in [0.1, 0.15) is 5.76 Å². The topological polar surface area (TPSA) is 59.5 Å². The number of aromatic nitrogens is 2. The molecule has 5 nitrogen and oxygen atoms in total. The maximum absolute atomic E-state index is 14.6. The number of fused-ring (bicyclic) bond motifs is 7. The van der Waals surface area contributed by atoms with E-state index in [0.717, 1.165) is 45.1 Å². The quantitative estimate of drug-likeness (QED) is 0.393. The molecule has 39 heavy (non-hydrogen) atoms. The van der Waals surface area contributed by atoms with Crippen LogP contribution in [0.3, 0.4) is 0 Å². The third-order valence-electron chi connectivity index (χ3n) is 13.3. The van der Waals surface area contributed by atoms with Crippen molar-refractivity contribution in [1.82, 2.24) is 9.78 Å². The van der Waals surface area contributed by atoms with Crippen molar-refractivity contribution in [2.45, 2.75) is 106 Å². The summed E-state index contributed by atoms with van der Waals surface area (Å²) in [6.45, 7) is 25.0. The van der Waals surface area contributed by atoms with Crippen molar-refractivity contribution in [3.8, 4) is 0 Å². The number of aliphatic hydroxyl groups is 1. The first-order valence-electron chi connectivity index (χ1n) is 15.2. The number of aliphatic hydroxyl groups excluding tert-OH is 1. The summed E-state index contributed by atoms with van der Waals surface area (Å²) in [6.07, 6.45) is 14.2. The van der Waals surface area contributed by atoms with Crippen LogP contribution in [-0.2, 0) is 11.3 Å². The van der Waals surface area contributed by atoms with Crippen molar-refractivity contribution in [2.24, 2.45) is 50.2 Å². The molecule has 210 valence electrons. The molecule has 1 heterocycles. The SMILES string of the molecule is [C-]#[N+]C1=C(O)C(C)(C)[C@@H]2CC[C@]3(C)C(=CC(=O)[C@@H]4[C@@H]5CC(C)(C)CC[C@]5(Cn5cccn5)CC[C@]43C)[C@@]2(C)C1. The minimum Gasteiger partial charge on any atom is -0.523 e. The summed E-state index contributed by atoms with van der Waals surface area (Å²) >= 11 is 0. The van der Waals surface area contributed by atoms with Gasteiger partial charge in [-0.05, 0) is 102 Å². The van der Waals surface area contributed by atoms with Crippen molar-refractivity contribution < 1.29 is 9.90 Å². The fourth-order valence-corrected chi connectivity index (χ4v) is 11.0. The van der Waals surface area contributed by atoms with Crippen LogP contribution in [-0.4, -0.2) is 20.7 Å². The molecule has 0 aliphatic heterocycles. The Morgan fingerprint density at radius 3 is 2.46 bits per heavy atom.